The van der Waals surface area contributed by atoms with Gasteiger partial charge in [0.15, 0.2) is 0 Å². The first-order valence-corrected chi connectivity index (χ1v) is 6.83. The fourth-order valence-electron chi connectivity index (χ4n) is 1.78. The average Bonchev–Trinajstić information content (AvgIpc) is 2.17. The van der Waals surface area contributed by atoms with Gasteiger partial charge in [-0.2, -0.15) is 0 Å². The lowest BCUT2D eigenvalue weighted by Gasteiger charge is -2.30. The minimum absolute atomic E-state index is 0.281. The molecule has 14 heavy (non-hydrogen) atoms. The average molecular weight is 263 g/mol. The van der Waals surface area contributed by atoms with E-state index in [1.807, 2.05) is 0 Å². The molecule has 1 aliphatic rings. The maximum Gasteiger partial charge on any atom is 0.0575 e. The van der Waals surface area contributed by atoms with Gasteiger partial charge >= 0.3 is 0 Å². The fraction of sp³-hybridized carbons (Fsp3) is 1.00. The highest BCUT2D eigenvalue weighted by Crippen LogP contribution is 2.27. The zero-order chi connectivity index (χ0) is 10.6. The van der Waals surface area contributed by atoms with Crippen LogP contribution in [0.5, 0.6) is 0 Å². The van der Waals surface area contributed by atoms with Crippen LogP contribution >= 0.6 is 15.9 Å². The molecule has 2 heteroatoms. The van der Waals surface area contributed by atoms with Gasteiger partial charge < -0.3 is 4.74 Å². The van der Waals surface area contributed by atoms with Crippen molar-refractivity contribution in [1.82, 2.24) is 0 Å². The van der Waals surface area contributed by atoms with Crippen LogP contribution in [0.3, 0.4) is 0 Å². The molecule has 0 atom stereocenters. The lowest BCUT2D eigenvalue weighted by Crippen LogP contribution is -2.27. The van der Waals surface area contributed by atoms with Gasteiger partial charge in [0, 0.05) is 5.33 Å². The number of halogens is 1. The maximum absolute atomic E-state index is 5.96. The molecule has 0 spiro atoms. The Morgan fingerprint density at radius 1 is 1.21 bits per heavy atom. The Morgan fingerprint density at radius 3 is 2.29 bits per heavy atom. The van der Waals surface area contributed by atoms with E-state index in [9.17, 15) is 0 Å². The normalized spacial score (nSPS) is 29.1. The van der Waals surface area contributed by atoms with Crippen molar-refractivity contribution in [2.75, 3.05) is 11.9 Å². The summed E-state index contributed by atoms with van der Waals surface area (Å²) in [5.41, 5.74) is 0.281. The van der Waals surface area contributed by atoms with Crippen molar-refractivity contribution in [2.24, 2.45) is 11.3 Å². The molecule has 0 N–H and O–H groups in total. The molecular weight excluding hydrogens is 240 g/mol. The fourth-order valence-corrected chi connectivity index (χ4v) is 1.94. The minimum atomic E-state index is 0.281. The van der Waals surface area contributed by atoms with E-state index in [1.165, 1.54) is 25.7 Å². The third kappa shape index (κ3) is 4.31. The second-order valence-electron chi connectivity index (χ2n) is 5.49. The van der Waals surface area contributed by atoms with Gasteiger partial charge in [0.05, 0.1) is 12.7 Å². The Morgan fingerprint density at radius 2 is 1.79 bits per heavy atom. The van der Waals surface area contributed by atoms with Gasteiger partial charge in [-0.05, 0) is 37.0 Å². The van der Waals surface area contributed by atoms with Crippen LogP contribution in [-0.4, -0.2) is 18.0 Å². The molecule has 0 aromatic carbocycles. The first-order chi connectivity index (χ1) is 6.53. The molecule has 0 aromatic heterocycles. The van der Waals surface area contributed by atoms with Crippen molar-refractivity contribution in [3.63, 3.8) is 0 Å². The number of hydrogen-bond donors (Lipinski definition) is 0. The van der Waals surface area contributed by atoms with Crippen LogP contribution in [0.4, 0.5) is 0 Å². The maximum atomic E-state index is 5.96. The molecule has 0 saturated heterocycles. The van der Waals surface area contributed by atoms with E-state index in [0.717, 1.165) is 17.9 Å². The number of ether oxygens (including phenoxy) is 1. The highest BCUT2D eigenvalue weighted by atomic mass is 79.9. The van der Waals surface area contributed by atoms with Gasteiger partial charge in [-0.1, -0.05) is 36.7 Å². The molecule has 0 amide bonds. The molecule has 0 radical (unpaired) electrons. The van der Waals surface area contributed by atoms with Gasteiger partial charge in [-0.25, -0.2) is 0 Å². The van der Waals surface area contributed by atoms with Gasteiger partial charge in [0.25, 0.3) is 0 Å². The topological polar surface area (TPSA) is 9.23 Å². The number of rotatable bonds is 4. The first kappa shape index (κ1) is 12.5. The highest BCUT2D eigenvalue weighted by Gasteiger charge is 2.22. The van der Waals surface area contributed by atoms with E-state index in [0.29, 0.717) is 6.10 Å². The van der Waals surface area contributed by atoms with Gasteiger partial charge in [-0.15, -0.1) is 0 Å². The second-order valence-corrected chi connectivity index (χ2v) is 6.05. The van der Waals surface area contributed by atoms with Crippen molar-refractivity contribution in [3.8, 4) is 0 Å². The van der Waals surface area contributed by atoms with E-state index in [1.54, 1.807) is 0 Å². The molecule has 1 saturated carbocycles. The second kappa shape index (κ2) is 5.50. The Labute approximate surface area is 96.7 Å². The largest absolute Gasteiger partial charge is 0.378 e. The molecule has 0 unspecified atom stereocenters. The van der Waals surface area contributed by atoms with Crippen molar-refractivity contribution in [2.45, 2.75) is 52.6 Å². The SMILES string of the molecule is CC1CCC(OCC(C)(C)CBr)CC1. The summed E-state index contributed by atoms with van der Waals surface area (Å²) in [6, 6.07) is 0. The van der Waals surface area contributed by atoms with Crippen LogP contribution < -0.4 is 0 Å². The van der Waals surface area contributed by atoms with E-state index < -0.39 is 0 Å². The number of hydrogen-bond acceptors (Lipinski definition) is 1. The van der Waals surface area contributed by atoms with E-state index >= 15 is 0 Å². The van der Waals surface area contributed by atoms with E-state index in [2.05, 4.69) is 36.7 Å². The Balaban J connectivity index is 2.19. The van der Waals surface area contributed by atoms with Gasteiger partial charge in [0.2, 0.25) is 0 Å². The molecule has 1 fully saturated rings. The summed E-state index contributed by atoms with van der Waals surface area (Å²) in [6.07, 6.45) is 5.75. The Bertz CT molecular complexity index is 160. The van der Waals surface area contributed by atoms with Crippen molar-refractivity contribution >= 4 is 15.9 Å². The highest BCUT2D eigenvalue weighted by molar-refractivity contribution is 9.09. The predicted octanol–water partition coefficient (Wildman–Crippen LogP) is 4.00. The monoisotopic (exact) mass is 262 g/mol. The molecule has 0 aliphatic heterocycles. The smallest absolute Gasteiger partial charge is 0.0575 e. The molecule has 1 aliphatic carbocycles. The summed E-state index contributed by atoms with van der Waals surface area (Å²) in [5.74, 6) is 0.916. The molecule has 0 aromatic rings. The van der Waals surface area contributed by atoms with Crippen LogP contribution in [0, 0.1) is 11.3 Å². The van der Waals surface area contributed by atoms with Gasteiger partial charge in [-0.3, -0.25) is 0 Å². The standard InChI is InChI=1S/C12H23BrO/c1-10-4-6-11(7-5-10)14-9-12(2,3)8-13/h10-11H,4-9H2,1-3H3. The molecule has 84 valence electrons. The summed E-state index contributed by atoms with van der Waals surface area (Å²) in [5, 5.41) is 1.02. The van der Waals surface area contributed by atoms with Crippen LogP contribution in [0.25, 0.3) is 0 Å². The Hall–Kier alpha value is 0.440. The van der Waals surface area contributed by atoms with Gasteiger partial charge in [0.1, 0.15) is 0 Å². The van der Waals surface area contributed by atoms with Crippen molar-refractivity contribution < 1.29 is 4.74 Å². The molecular formula is C12H23BrO. The first-order valence-electron chi connectivity index (χ1n) is 5.71. The molecule has 0 heterocycles. The van der Waals surface area contributed by atoms with E-state index in [-0.39, 0.29) is 5.41 Å². The molecule has 1 rings (SSSR count). The van der Waals surface area contributed by atoms with Crippen LogP contribution in [0.15, 0.2) is 0 Å². The lowest BCUT2D eigenvalue weighted by atomic mass is 9.88. The molecule has 0 bridgehead atoms. The van der Waals surface area contributed by atoms with Crippen LogP contribution in [-0.2, 0) is 4.74 Å². The summed E-state index contributed by atoms with van der Waals surface area (Å²) < 4.78 is 5.96. The Kier molecular flexibility index (Phi) is 4.92. The van der Waals surface area contributed by atoms with E-state index in [4.69, 9.17) is 4.74 Å². The third-order valence-electron chi connectivity index (χ3n) is 3.03. The van der Waals surface area contributed by atoms with Crippen molar-refractivity contribution in [3.05, 3.63) is 0 Å². The molecule has 1 nitrogen and oxygen atoms in total. The predicted molar refractivity (Wildman–Crippen MR) is 64.9 cm³/mol. The zero-order valence-electron chi connectivity index (χ0n) is 9.68. The minimum Gasteiger partial charge on any atom is -0.378 e. The summed E-state index contributed by atoms with van der Waals surface area (Å²) >= 11 is 3.53. The number of alkyl halides is 1. The summed E-state index contributed by atoms with van der Waals surface area (Å²) in [7, 11) is 0. The quantitative estimate of drug-likeness (QED) is 0.696. The summed E-state index contributed by atoms with van der Waals surface area (Å²) in [4.78, 5) is 0. The van der Waals surface area contributed by atoms with Crippen LogP contribution in [0.1, 0.15) is 46.5 Å². The van der Waals surface area contributed by atoms with Crippen molar-refractivity contribution in [1.29, 1.82) is 0 Å². The summed E-state index contributed by atoms with van der Waals surface area (Å²) in [6.45, 7) is 7.72. The zero-order valence-corrected chi connectivity index (χ0v) is 11.3. The lowest BCUT2D eigenvalue weighted by molar-refractivity contribution is -0.0142. The third-order valence-corrected chi connectivity index (χ3v) is 4.55. The van der Waals surface area contributed by atoms with Crippen LogP contribution in [0.2, 0.25) is 0 Å².